The van der Waals surface area contributed by atoms with Gasteiger partial charge in [0.25, 0.3) is 0 Å². The minimum absolute atomic E-state index is 0. The number of anilines is 1. The second-order valence-corrected chi connectivity index (χ2v) is 6.90. The first-order valence-electron chi connectivity index (χ1n) is 9.71. The van der Waals surface area contributed by atoms with Gasteiger partial charge in [-0.3, -0.25) is 4.40 Å². The first kappa shape index (κ1) is 20.9. The number of para-hydroxylation sites is 4. The summed E-state index contributed by atoms with van der Waals surface area (Å²) in [5.74, 6) is 0.915. The van der Waals surface area contributed by atoms with Crippen LogP contribution in [-0.4, -0.2) is 25.9 Å². The summed E-state index contributed by atoms with van der Waals surface area (Å²) in [6, 6.07) is 30.5. The minimum Gasteiger partial charge on any atom is -0.510 e. The van der Waals surface area contributed by atoms with Crippen LogP contribution in [0.25, 0.3) is 22.5 Å². The van der Waals surface area contributed by atoms with Crippen molar-refractivity contribution in [2.75, 3.05) is 11.9 Å². The van der Waals surface area contributed by atoms with Crippen molar-refractivity contribution in [1.82, 2.24) is 18.9 Å². The van der Waals surface area contributed by atoms with Crippen molar-refractivity contribution >= 4 is 22.5 Å². The van der Waals surface area contributed by atoms with Gasteiger partial charge in [-0.05, 0) is 31.6 Å². The Morgan fingerprint density at radius 3 is 2.13 bits per heavy atom. The molecule has 3 aromatic carbocycles. The number of rotatable bonds is 2. The number of benzene rings is 3. The Morgan fingerprint density at radius 1 is 0.806 bits per heavy atom. The van der Waals surface area contributed by atoms with Crippen molar-refractivity contribution in [2.45, 2.75) is 0 Å². The Morgan fingerprint density at radius 2 is 1.48 bits per heavy atom. The summed E-state index contributed by atoms with van der Waals surface area (Å²) >= 11 is 0. The van der Waals surface area contributed by atoms with Crippen LogP contribution in [0.3, 0.4) is 0 Å². The Labute approximate surface area is 195 Å². The van der Waals surface area contributed by atoms with Crippen LogP contribution in [0.1, 0.15) is 0 Å². The van der Waals surface area contributed by atoms with E-state index in [1.165, 1.54) is 0 Å². The number of nitrogens with zero attached hydrogens (tertiary/aromatic N) is 5. The van der Waals surface area contributed by atoms with E-state index in [0.717, 1.165) is 28.2 Å². The zero-order chi connectivity index (χ0) is 20.3. The van der Waals surface area contributed by atoms with E-state index < -0.39 is 0 Å². The van der Waals surface area contributed by atoms with Crippen LogP contribution < -0.4 is 4.90 Å². The van der Waals surface area contributed by atoms with Crippen LogP contribution in [0.5, 0.6) is 0 Å². The summed E-state index contributed by atoms with van der Waals surface area (Å²) in [6.07, 6.45) is 7.81. The molecule has 0 saturated heterocycles. The average Bonchev–Trinajstić information content (AvgIpc) is 3.51. The SMILES string of the molecule is CN1C=CN(c2[c-]cccc2)[CH-]1.[Ir+3].[c-]1ccccc1-n1c2ccccc2n2ccnc12. The quantitative estimate of drug-likeness (QED) is 0.277. The molecule has 3 heterocycles. The van der Waals surface area contributed by atoms with Crippen molar-refractivity contribution in [2.24, 2.45) is 0 Å². The fourth-order valence-corrected chi connectivity index (χ4v) is 3.51. The van der Waals surface area contributed by atoms with Crippen molar-refractivity contribution in [1.29, 1.82) is 0 Å². The Kier molecular flexibility index (Phi) is 6.21. The van der Waals surface area contributed by atoms with Crippen LogP contribution in [0.4, 0.5) is 5.69 Å². The molecule has 154 valence electrons. The molecular weight excluding hydrogens is 563 g/mol. The van der Waals surface area contributed by atoms with Gasteiger partial charge < -0.3 is 14.4 Å². The van der Waals surface area contributed by atoms with E-state index in [-0.39, 0.29) is 20.1 Å². The molecule has 0 aliphatic carbocycles. The zero-order valence-electron chi connectivity index (χ0n) is 16.9. The van der Waals surface area contributed by atoms with E-state index in [2.05, 4.69) is 38.2 Å². The standard InChI is InChI=1S/C15H10N3.C10H10N2.Ir/c1-2-6-12(7-3-1)18-14-9-5-4-8-13(14)17-11-10-16-15(17)18;1-11-7-8-12(9-11)10-5-3-2-4-6-10;/h1-6,8-11H;2-5,7-9H,1H3;/q-1;-2;+3. The van der Waals surface area contributed by atoms with Crippen LogP contribution in [-0.2, 0) is 20.1 Å². The fraction of sp³-hybridized carbons (Fsp3) is 0.0400. The van der Waals surface area contributed by atoms with E-state index in [0.29, 0.717) is 0 Å². The van der Waals surface area contributed by atoms with Crippen molar-refractivity contribution in [3.63, 3.8) is 0 Å². The largest absolute Gasteiger partial charge is 3.00 e. The van der Waals surface area contributed by atoms with E-state index in [1.54, 1.807) is 0 Å². The van der Waals surface area contributed by atoms with Crippen LogP contribution in [0.2, 0.25) is 0 Å². The first-order valence-corrected chi connectivity index (χ1v) is 9.71. The second-order valence-electron chi connectivity index (χ2n) is 6.90. The Hall–Kier alpha value is -3.34. The normalized spacial score (nSPS) is 12.7. The van der Waals surface area contributed by atoms with E-state index >= 15 is 0 Å². The van der Waals surface area contributed by atoms with Gasteiger partial charge in [-0.1, -0.05) is 17.8 Å². The molecule has 5 aromatic rings. The van der Waals surface area contributed by atoms with E-state index in [9.17, 15) is 0 Å². The van der Waals surface area contributed by atoms with Crippen LogP contribution in [0.15, 0.2) is 97.6 Å². The predicted octanol–water partition coefficient (Wildman–Crippen LogP) is 4.90. The molecule has 1 aliphatic rings. The molecular formula is C25H20IrN5. The Bertz CT molecular complexity index is 1290. The smallest absolute Gasteiger partial charge is 0.510 e. The first-order chi connectivity index (χ1) is 14.8. The molecule has 0 amide bonds. The van der Waals surface area contributed by atoms with Crippen molar-refractivity contribution in [3.05, 3.63) is 116 Å². The maximum atomic E-state index is 4.44. The topological polar surface area (TPSA) is 28.7 Å². The van der Waals surface area contributed by atoms with Gasteiger partial charge >= 0.3 is 20.1 Å². The Balaban J connectivity index is 0.000000156. The average molecular weight is 583 g/mol. The maximum Gasteiger partial charge on any atom is 3.00 e. The van der Waals surface area contributed by atoms with Gasteiger partial charge in [-0.15, -0.1) is 11.8 Å². The summed E-state index contributed by atoms with van der Waals surface area (Å²) in [5.41, 5.74) is 4.37. The van der Waals surface area contributed by atoms with Crippen LogP contribution >= 0.6 is 0 Å². The fourth-order valence-electron chi connectivity index (χ4n) is 3.51. The summed E-state index contributed by atoms with van der Waals surface area (Å²) in [7, 11) is 2.00. The van der Waals surface area contributed by atoms with Crippen LogP contribution in [0, 0.1) is 18.8 Å². The molecule has 0 radical (unpaired) electrons. The summed E-state index contributed by atoms with van der Waals surface area (Å²) in [6.45, 7) is 2.01. The number of hydrogen-bond donors (Lipinski definition) is 0. The molecule has 2 aromatic heterocycles. The molecule has 0 bridgehead atoms. The molecule has 5 nitrogen and oxygen atoms in total. The van der Waals surface area contributed by atoms with Gasteiger partial charge in [0.15, 0.2) is 0 Å². The summed E-state index contributed by atoms with van der Waals surface area (Å²) < 4.78 is 4.21. The van der Waals surface area contributed by atoms with Gasteiger partial charge in [0, 0.05) is 12.4 Å². The molecule has 0 fully saturated rings. The zero-order valence-corrected chi connectivity index (χ0v) is 19.3. The molecule has 0 unspecified atom stereocenters. The minimum atomic E-state index is 0. The van der Waals surface area contributed by atoms with E-state index in [4.69, 9.17) is 0 Å². The predicted molar refractivity (Wildman–Crippen MR) is 120 cm³/mol. The van der Waals surface area contributed by atoms with E-state index in [1.807, 2.05) is 109 Å². The second kappa shape index (κ2) is 9.21. The molecule has 6 heteroatoms. The summed E-state index contributed by atoms with van der Waals surface area (Å²) in [4.78, 5) is 8.47. The summed E-state index contributed by atoms with van der Waals surface area (Å²) in [5, 5.41) is 0. The van der Waals surface area contributed by atoms with Crippen molar-refractivity contribution < 1.29 is 20.1 Å². The molecule has 1 aliphatic heterocycles. The van der Waals surface area contributed by atoms with Gasteiger partial charge in [0.1, 0.15) is 0 Å². The van der Waals surface area contributed by atoms with Gasteiger partial charge in [0.2, 0.25) is 5.78 Å². The molecule has 0 atom stereocenters. The molecule has 0 saturated carbocycles. The third kappa shape index (κ3) is 4.13. The van der Waals surface area contributed by atoms with Gasteiger partial charge in [-0.25, -0.2) is 4.98 Å². The third-order valence-electron chi connectivity index (χ3n) is 4.88. The maximum absolute atomic E-state index is 4.44. The number of fused-ring (bicyclic) bond motifs is 3. The number of aromatic nitrogens is 3. The number of hydrogen-bond acceptors (Lipinski definition) is 3. The molecule has 0 spiro atoms. The monoisotopic (exact) mass is 583 g/mol. The molecule has 31 heavy (non-hydrogen) atoms. The third-order valence-corrected chi connectivity index (χ3v) is 4.88. The van der Waals surface area contributed by atoms with Gasteiger partial charge in [0.05, 0.1) is 11.0 Å². The van der Waals surface area contributed by atoms with Crippen molar-refractivity contribution in [3.8, 4) is 5.69 Å². The molecule has 0 N–H and O–H groups in total. The number of imidazole rings is 2. The van der Waals surface area contributed by atoms with Gasteiger partial charge in [-0.2, -0.15) is 61.3 Å². The molecule has 6 rings (SSSR count).